The second-order valence-corrected chi connectivity index (χ2v) is 6.80. The Morgan fingerprint density at radius 2 is 1.62 bits per heavy atom. The van der Waals surface area contributed by atoms with E-state index in [-0.39, 0.29) is 5.78 Å². The lowest BCUT2D eigenvalue weighted by Crippen LogP contribution is -2.47. The molecule has 1 fully saturated rings. The molecule has 128 valence electrons. The van der Waals surface area contributed by atoms with Crippen molar-refractivity contribution < 1.29 is 4.79 Å². The first-order valence-corrected chi connectivity index (χ1v) is 8.69. The summed E-state index contributed by atoms with van der Waals surface area (Å²) < 4.78 is 2.09. The first kappa shape index (κ1) is 16.9. The van der Waals surface area contributed by atoms with Gasteiger partial charge in [0, 0.05) is 56.7 Å². The third-order valence-corrected chi connectivity index (χ3v) is 5.16. The maximum Gasteiger partial charge on any atom is 0.178 e. The van der Waals surface area contributed by atoms with Gasteiger partial charge in [0.2, 0.25) is 0 Å². The Balaban J connectivity index is 1.52. The molecule has 4 nitrogen and oxygen atoms in total. The van der Waals surface area contributed by atoms with Crippen LogP contribution < -0.4 is 0 Å². The molecule has 0 atom stereocenters. The summed E-state index contributed by atoms with van der Waals surface area (Å²) in [6.07, 6.45) is 0. The fraction of sp³-hybridized carbons (Fsp3) is 0.450. The molecule has 0 bridgehead atoms. The topological polar surface area (TPSA) is 28.5 Å². The number of aryl methyl sites for hydroxylation is 1. The minimum atomic E-state index is 0.243. The summed E-state index contributed by atoms with van der Waals surface area (Å²) in [6, 6.07) is 12.6. The predicted molar refractivity (Wildman–Crippen MR) is 97.4 cm³/mol. The zero-order valence-corrected chi connectivity index (χ0v) is 15.0. The lowest BCUT2D eigenvalue weighted by atomic mass is 10.1. The van der Waals surface area contributed by atoms with E-state index >= 15 is 0 Å². The van der Waals surface area contributed by atoms with Gasteiger partial charge in [0.25, 0.3) is 0 Å². The molecule has 1 aliphatic heterocycles. The smallest absolute Gasteiger partial charge is 0.178 e. The second kappa shape index (κ2) is 7.32. The Kier molecular flexibility index (Phi) is 5.17. The van der Waals surface area contributed by atoms with Gasteiger partial charge in [-0.15, -0.1) is 0 Å². The summed E-state index contributed by atoms with van der Waals surface area (Å²) in [7, 11) is 2.02. The molecule has 0 aliphatic carbocycles. The third kappa shape index (κ3) is 3.77. The van der Waals surface area contributed by atoms with Crippen LogP contribution in [0.5, 0.6) is 0 Å². The van der Waals surface area contributed by atoms with Crippen LogP contribution in [0.4, 0.5) is 0 Å². The standard InChI is InChI=1S/C20H27N3O/c1-16-13-19(17(2)21(16)3)20(24)15-23-11-9-22(10-12-23)14-18-7-5-4-6-8-18/h4-8,13H,9-12,14-15H2,1-3H3. The van der Waals surface area contributed by atoms with E-state index in [0.717, 1.165) is 49.7 Å². The molecule has 1 aliphatic rings. The van der Waals surface area contributed by atoms with Crippen LogP contribution in [0.1, 0.15) is 27.3 Å². The molecule has 2 aromatic rings. The predicted octanol–water partition coefficient (Wildman–Crippen LogP) is 2.64. The molecule has 2 heterocycles. The first-order valence-electron chi connectivity index (χ1n) is 8.69. The molecule has 1 saturated heterocycles. The largest absolute Gasteiger partial charge is 0.351 e. The van der Waals surface area contributed by atoms with Gasteiger partial charge < -0.3 is 4.57 Å². The number of hydrogen-bond acceptors (Lipinski definition) is 3. The van der Waals surface area contributed by atoms with E-state index in [1.54, 1.807) is 0 Å². The summed E-state index contributed by atoms with van der Waals surface area (Å²) in [5, 5.41) is 0. The molecule has 0 unspecified atom stereocenters. The van der Waals surface area contributed by atoms with Crippen LogP contribution in [0.3, 0.4) is 0 Å². The molecule has 0 spiro atoms. The molecule has 0 radical (unpaired) electrons. The fourth-order valence-corrected chi connectivity index (χ4v) is 3.37. The van der Waals surface area contributed by atoms with Gasteiger partial charge in [-0.2, -0.15) is 0 Å². The molecule has 1 aromatic heterocycles. The number of carbonyl (C=O) groups is 1. The van der Waals surface area contributed by atoms with Crippen LogP contribution in [-0.4, -0.2) is 52.9 Å². The number of benzene rings is 1. The van der Waals surface area contributed by atoms with E-state index in [1.165, 1.54) is 5.56 Å². The van der Waals surface area contributed by atoms with Gasteiger partial charge in [-0.25, -0.2) is 0 Å². The monoisotopic (exact) mass is 325 g/mol. The van der Waals surface area contributed by atoms with Gasteiger partial charge >= 0.3 is 0 Å². The van der Waals surface area contributed by atoms with Gasteiger partial charge in [0.15, 0.2) is 5.78 Å². The van der Waals surface area contributed by atoms with Crippen molar-refractivity contribution in [2.24, 2.45) is 7.05 Å². The van der Waals surface area contributed by atoms with Crippen molar-refractivity contribution in [2.75, 3.05) is 32.7 Å². The maximum atomic E-state index is 12.6. The number of aromatic nitrogens is 1. The maximum absolute atomic E-state index is 12.6. The summed E-state index contributed by atoms with van der Waals surface area (Å²) in [5.41, 5.74) is 4.45. The molecular formula is C20H27N3O. The number of nitrogens with zero attached hydrogens (tertiary/aromatic N) is 3. The molecule has 1 aromatic carbocycles. The molecular weight excluding hydrogens is 298 g/mol. The molecule has 0 amide bonds. The van der Waals surface area contributed by atoms with Crippen molar-refractivity contribution in [3.63, 3.8) is 0 Å². The third-order valence-electron chi connectivity index (χ3n) is 5.16. The van der Waals surface area contributed by atoms with Gasteiger partial charge in [-0.3, -0.25) is 14.6 Å². The van der Waals surface area contributed by atoms with Gasteiger partial charge in [-0.1, -0.05) is 30.3 Å². The highest BCUT2D eigenvalue weighted by atomic mass is 16.1. The second-order valence-electron chi connectivity index (χ2n) is 6.80. The van der Waals surface area contributed by atoms with E-state index in [0.29, 0.717) is 6.54 Å². The fourth-order valence-electron chi connectivity index (χ4n) is 3.37. The Hall–Kier alpha value is -1.91. The van der Waals surface area contributed by atoms with Gasteiger partial charge in [0.1, 0.15) is 0 Å². The van der Waals surface area contributed by atoms with E-state index in [1.807, 2.05) is 27.0 Å². The Labute approximate surface area is 144 Å². The van der Waals surface area contributed by atoms with Crippen molar-refractivity contribution >= 4 is 5.78 Å². The van der Waals surface area contributed by atoms with Crippen LogP contribution in [0, 0.1) is 13.8 Å². The van der Waals surface area contributed by atoms with Crippen LogP contribution in [0.25, 0.3) is 0 Å². The molecule has 3 rings (SSSR count). The molecule has 0 saturated carbocycles. The molecule has 24 heavy (non-hydrogen) atoms. The number of carbonyl (C=O) groups excluding carboxylic acids is 1. The van der Waals surface area contributed by atoms with Crippen molar-refractivity contribution in [3.8, 4) is 0 Å². The number of rotatable bonds is 5. The summed E-state index contributed by atoms with van der Waals surface area (Å²) in [6.45, 7) is 9.57. The van der Waals surface area contributed by atoms with Gasteiger partial charge in [0.05, 0.1) is 6.54 Å². The number of Topliss-reactive ketones (excluding diaryl/α,β-unsaturated/α-hetero) is 1. The summed E-state index contributed by atoms with van der Waals surface area (Å²) >= 11 is 0. The van der Waals surface area contributed by atoms with E-state index in [2.05, 4.69) is 44.7 Å². The number of piperazine rings is 1. The Morgan fingerprint density at radius 3 is 2.21 bits per heavy atom. The average Bonchev–Trinajstić information content (AvgIpc) is 2.85. The van der Waals surface area contributed by atoms with E-state index < -0.39 is 0 Å². The van der Waals surface area contributed by atoms with Crippen LogP contribution in [0.2, 0.25) is 0 Å². The van der Waals surface area contributed by atoms with E-state index in [9.17, 15) is 4.79 Å². The summed E-state index contributed by atoms with van der Waals surface area (Å²) in [5.74, 6) is 0.243. The zero-order chi connectivity index (χ0) is 17.1. The highest BCUT2D eigenvalue weighted by Crippen LogP contribution is 2.15. The van der Waals surface area contributed by atoms with Crippen molar-refractivity contribution in [2.45, 2.75) is 20.4 Å². The van der Waals surface area contributed by atoms with Crippen LogP contribution in [-0.2, 0) is 13.6 Å². The highest BCUT2D eigenvalue weighted by Gasteiger charge is 2.21. The van der Waals surface area contributed by atoms with Crippen LogP contribution in [0.15, 0.2) is 36.4 Å². The van der Waals surface area contributed by atoms with Gasteiger partial charge in [-0.05, 0) is 25.5 Å². The van der Waals surface area contributed by atoms with Crippen molar-refractivity contribution in [1.82, 2.24) is 14.4 Å². The van der Waals surface area contributed by atoms with E-state index in [4.69, 9.17) is 0 Å². The minimum absolute atomic E-state index is 0.243. The van der Waals surface area contributed by atoms with Crippen LogP contribution >= 0.6 is 0 Å². The lowest BCUT2D eigenvalue weighted by Gasteiger charge is -2.34. The Bertz CT molecular complexity index is 697. The first-order chi connectivity index (χ1) is 11.5. The average molecular weight is 325 g/mol. The molecule has 0 N–H and O–H groups in total. The normalized spacial score (nSPS) is 16.5. The highest BCUT2D eigenvalue weighted by molar-refractivity contribution is 5.99. The number of hydrogen-bond donors (Lipinski definition) is 0. The SMILES string of the molecule is Cc1cc(C(=O)CN2CCN(Cc3ccccc3)CC2)c(C)n1C. The quantitative estimate of drug-likeness (QED) is 0.791. The van der Waals surface area contributed by atoms with Crippen molar-refractivity contribution in [3.05, 3.63) is 58.9 Å². The summed E-state index contributed by atoms with van der Waals surface area (Å²) in [4.78, 5) is 17.4. The minimum Gasteiger partial charge on any atom is -0.351 e. The van der Waals surface area contributed by atoms with Crippen molar-refractivity contribution in [1.29, 1.82) is 0 Å². The molecule has 4 heteroatoms. The number of ketones is 1. The lowest BCUT2D eigenvalue weighted by molar-refractivity contribution is 0.0843. The zero-order valence-electron chi connectivity index (χ0n) is 15.0. The Morgan fingerprint density at radius 1 is 1.00 bits per heavy atom.